The van der Waals surface area contributed by atoms with E-state index in [0.717, 1.165) is 16.6 Å². The molecule has 0 aliphatic carbocycles. The minimum Gasteiger partial charge on any atom is -0.368 e. The molecule has 124 valence electrons. The predicted octanol–water partition coefficient (Wildman–Crippen LogP) is 1.68. The van der Waals surface area contributed by atoms with Crippen LogP contribution >= 0.6 is 0 Å². The summed E-state index contributed by atoms with van der Waals surface area (Å²) in [5.74, 6) is -0.854. The molecule has 0 radical (unpaired) electrons. The van der Waals surface area contributed by atoms with Crippen LogP contribution in [0.1, 0.15) is 21.6 Å². The van der Waals surface area contributed by atoms with Gasteiger partial charge in [0.25, 0.3) is 5.91 Å². The second kappa shape index (κ2) is 5.98. The number of nitrogens with two attached hydrogens (primary N) is 1. The van der Waals surface area contributed by atoms with E-state index in [1.54, 1.807) is 6.07 Å². The van der Waals surface area contributed by atoms with Crippen molar-refractivity contribution in [2.24, 2.45) is 5.73 Å². The summed E-state index contributed by atoms with van der Waals surface area (Å²) in [5.41, 5.74) is 9.18. The highest BCUT2D eigenvalue weighted by Gasteiger charge is 2.34. The maximum Gasteiger partial charge on any atom is 0.275 e. The monoisotopic (exact) mass is 332 g/mol. The molecule has 0 fully saturated rings. The second-order valence-corrected chi connectivity index (χ2v) is 6.07. The van der Waals surface area contributed by atoms with Crippen molar-refractivity contribution in [1.29, 1.82) is 0 Å². The number of para-hydroxylation sites is 2. The van der Waals surface area contributed by atoms with Gasteiger partial charge in [-0.05, 0) is 23.3 Å². The molecule has 0 saturated carbocycles. The molecule has 1 aliphatic heterocycles. The fourth-order valence-corrected chi connectivity index (χ4v) is 3.20. The highest BCUT2D eigenvalue weighted by molar-refractivity contribution is 5.97. The first-order valence-electron chi connectivity index (χ1n) is 8.02. The highest BCUT2D eigenvalue weighted by atomic mass is 16.2. The topological polar surface area (TPSA) is 89.2 Å². The number of hydrogen-bond acceptors (Lipinski definition) is 4. The Kier molecular flexibility index (Phi) is 3.65. The number of rotatable bonds is 2. The molecule has 1 aromatic heterocycles. The minimum atomic E-state index is -0.685. The van der Waals surface area contributed by atoms with Crippen LogP contribution in [-0.4, -0.2) is 32.7 Å². The fourth-order valence-electron chi connectivity index (χ4n) is 3.20. The third-order valence-electron chi connectivity index (χ3n) is 4.51. The molecule has 1 aliphatic rings. The van der Waals surface area contributed by atoms with E-state index in [0.29, 0.717) is 18.5 Å². The molecule has 2 heterocycles. The average Bonchev–Trinajstić information content (AvgIpc) is 2.66. The van der Waals surface area contributed by atoms with Crippen molar-refractivity contribution < 1.29 is 9.59 Å². The maximum atomic E-state index is 13.0. The molecule has 2 N–H and O–H groups in total. The van der Waals surface area contributed by atoms with Crippen LogP contribution in [0.5, 0.6) is 0 Å². The van der Waals surface area contributed by atoms with Crippen molar-refractivity contribution in [1.82, 2.24) is 14.9 Å². The SMILES string of the molecule is NC(=O)C1Cc2ccccc2CN1C(=O)c1cnc2ccccc2n1. The smallest absolute Gasteiger partial charge is 0.275 e. The van der Waals surface area contributed by atoms with E-state index >= 15 is 0 Å². The first-order chi connectivity index (χ1) is 12.1. The average molecular weight is 332 g/mol. The lowest BCUT2D eigenvalue weighted by molar-refractivity contribution is -0.122. The summed E-state index contributed by atoms with van der Waals surface area (Å²) in [7, 11) is 0. The second-order valence-electron chi connectivity index (χ2n) is 6.07. The Balaban J connectivity index is 1.72. The maximum absolute atomic E-state index is 13.0. The number of primary amides is 1. The van der Waals surface area contributed by atoms with Gasteiger partial charge in [0.05, 0.1) is 17.2 Å². The molecule has 0 saturated heterocycles. The van der Waals surface area contributed by atoms with Gasteiger partial charge in [0.15, 0.2) is 0 Å². The number of nitrogens with zero attached hydrogens (tertiary/aromatic N) is 3. The summed E-state index contributed by atoms with van der Waals surface area (Å²) in [6, 6.07) is 14.4. The molecule has 25 heavy (non-hydrogen) atoms. The summed E-state index contributed by atoms with van der Waals surface area (Å²) in [5, 5.41) is 0. The quantitative estimate of drug-likeness (QED) is 0.773. The van der Waals surface area contributed by atoms with Crippen LogP contribution in [0.15, 0.2) is 54.7 Å². The number of aromatic nitrogens is 2. The van der Waals surface area contributed by atoms with Crippen LogP contribution in [0.4, 0.5) is 0 Å². The zero-order valence-corrected chi connectivity index (χ0v) is 13.4. The van der Waals surface area contributed by atoms with E-state index < -0.39 is 11.9 Å². The van der Waals surface area contributed by atoms with Crippen LogP contribution in [-0.2, 0) is 17.8 Å². The Hall–Kier alpha value is -3.28. The van der Waals surface area contributed by atoms with Gasteiger partial charge in [-0.25, -0.2) is 4.98 Å². The van der Waals surface area contributed by atoms with Gasteiger partial charge in [0, 0.05) is 13.0 Å². The van der Waals surface area contributed by atoms with Gasteiger partial charge in [-0.1, -0.05) is 36.4 Å². The minimum absolute atomic E-state index is 0.212. The summed E-state index contributed by atoms with van der Waals surface area (Å²) < 4.78 is 0. The molecule has 4 rings (SSSR count). The van der Waals surface area contributed by atoms with Gasteiger partial charge in [-0.3, -0.25) is 14.6 Å². The predicted molar refractivity (Wildman–Crippen MR) is 92.5 cm³/mol. The Morgan fingerprint density at radius 1 is 1.00 bits per heavy atom. The van der Waals surface area contributed by atoms with E-state index in [1.165, 1.54) is 11.1 Å². The Bertz CT molecular complexity index is 986. The fraction of sp³-hybridized carbons (Fsp3) is 0.158. The summed E-state index contributed by atoms with van der Waals surface area (Å²) in [6.45, 7) is 0.330. The van der Waals surface area contributed by atoms with Crippen molar-refractivity contribution in [2.45, 2.75) is 19.0 Å². The van der Waals surface area contributed by atoms with Crippen molar-refractivity contribution in [2.75, 3.05) is 0 Å². The van der Waals surface area contributed by atoms with Gasteiger partial charge in [0.1, 0.15) is 11.7 Å². The van der Waals surface area contributed by atoms with Crippen LogP contribution < -0.4 is 5.73 Å². The molecule has 3 aromatic rings. The van der Waals surface area contributed by atoms with E-state index in [4.69, 9.17) is 5.73 Å². The van der Waals surface area contributed by atoms with E-state index in [-0.39, 0.29) is 11.6 Å². The van der Waals surface area contributed by atoms with Gasteiger partial charge in [-0.2, -0.15) is 0 Å². The number of carbonyl (C=O) groups is 2. The molecule has 6 nitrogen and oxygen atoms in total. The van der Waals surface area contributed by atoms with Gasteiger partial charge < -0.3 is 10.6 Å². The Labute approximate surface area is 144 Å². The van der Waals surface area contributed by atoms with Crippen molar-refractivity contribution >= 4 is 22.8 Å². The third kappa shape index (κ3) is 2.71. The number of carbonyl (C=O) groups excluding carboxylic acids is 2. The molecule has 2 amide bonds. The molecule has 1 unspecified atom stereocenters. The zero-order valence-electron chi connectivity index (χ0n) is 13.4. The molecular weight excluding hydrogens is 316 g/mol. The number of amides is 2. The van der Waals surface area contributed by atoms with Crippen molar-refractivity contribution in [3.05, 3.63) is 71.5 Å². The number of benzene rings is 2. The number of fused-ring (bicyclic) bond motifs is 2. The largest absolute Gasteiger partial charge is 0.368 e. The highest BCUT2D eigenvalue weighted by Crippen LogP contribution is 2.24. The van der Waals surface area contributed by atoms with E-state index in [2.05, 4.69) is 9.97 Å². The zero-order chi connectivity index (χ0) is 17.4. The first kappa shape index (κ1) is 15.3. The van der Waals surface area contributed by atoms with E-state index in [9.17, 15) is 9.59 Å². The molecule has 0 spiro atoms. The van der Waals surface area contributed by atoms with Crippen LogP contribution in [0.25, 0.3) is 11.0 Å². The molecule has 1 atom stereocenters. The summed E-state index contributed by atoms with van der Waals surface area (Å²) in [4.78, 5) is 35.1. The lowest BCUT2D eigenvalue weighted by atomic mass is 9.93. The first-order valence-corrected chi connectivity index (χ1v) is 8.02. The van der Waals surface area contributed by atoms with Crippen molar-refractivity contribution in [3.8, 4) is 0 Å². The Morgan fingerprint density at radius 3 is 2.44 bits per heavy atom. The van der Waals surface area contributed by atoms with Gasteiger partial charge in [-0.15, -0.1) is 0 Å². The molecule has 0 bridgehead atoms. The lowest BCUT2D eigenvalue weighted by Crippen LogP contribution is -2.51. The molecule has 2 aromatic carbocycles. The third-order valence-corrected chi connectivity index (χ3v) is 4.51. The Morgan fingerprint density at radius 2 is 1.68 bits per heavy atom. The van der Waals surface area contributed by atoms with Crippen LogP contribution in [0.2, 0.25) is 0 Å². The molecule has 6 heteroatoms. The lowest BCUT2D eigenvalue weighted by Gasteiger charge is -2.34. The standard InChI is InChI=1S/C19H16N4O2/c20-18(24)17-9-12-5-1-2-6-13(12)11-23(17)19(25)16-10-21-14-7-3-4-8-15(14)22-16/h1-8,10,17H,9,11H2,(H2,20,24). The summed E-state index contributed by atoms with van der Waals surface area (Å²) >= 11 is 0. The normalized spacial score (nSPS) is 16.5. The number of hydrogen-bond donors (Lipinski definition) is 1. The van der Waals surface area contributed by atoms with Crippen LogP contribution in [0, 0.1) is 0 Å². The molecular formula is C19H16N4O2. The van der Waals surface area contributed by atoms with Crippen molar-refractivity contribution in [3.63, 3.8) is 0 Å². The van der Waals surface area contributed by atoms with Crippen LogP contribution in [0.3, 0.4) is 0 Å². The van der Waals surface area contributed by atoms with E-state index in [1.807, 2.05) is 42.5 Å². The van der Waals surface area contributed by atoms with Gasteiger partial charge >= 0.3 is 0 Å². The van der Waals surface area contributed by atoms with Gasteiger partial charge in [0.2, 0.25) is 5.91 Å². The summed E-state index contributed by atoms with van der Waals surface area (Å²) in [6.07, 6.45) is 1.86.